The normalized spacial score (nSPS) is 17.6. The van der Waals surface area contributed by atoms with Crippen molar-refractivity contribution in [3.8, 4) is 5.75 Å². The summed E-state index contributed by atoms with van der Waals surface area (Å²) in [7, 11) is 0. The van der Waals surface area contributed by atoms with Gasteiger partial charge in [0.25, 0.3) is 0 Å². The van der Waals surface area contributed by atoms with Crippen molar-refractivity contribution in [3.63, 3.8) is 0 Å². The molecule has 0 aromatic heterocycles. The fourth-order valence-corrected chi connectivity index (χ4v) is 2.45. The van der Waals surface area contributed by atoms with Gasteiger partial charge in [-0.05, 0) is 47.8 Å². The molecular formula is C20H18FNO. The summed E-state index contributed by atoms with van der Waals surface area (Å²) in [4.78, 5) is 0. The predicted molar refractivity (Wildman–Crippen MR) is 92.1 cm³/mol. The van der Waals surface area contributed by atoms with Crippen LogP contribution in [0.3, 0.4) is 0 Å². The molecule has 0 fully saturated rings. The fourth-order valence-electron chi connectivity index (χ4n) is 2.45. The van der Waals surface area contributed by atoms with Crippen LogP contribution in [0.25, 0.3) is 6.08 Å². The molecular weight excluding hydrogens is 289 g/mol. The largest absolute Gasteiger partial charge is 0.489 e. The molecule has 0 radical (unpaired) electrons. The second kappa shape index (κ2) is 7.54. The van der Waals surface area contributed by atoms with Gasteiger partial charge in [-0.2, -0.15) is 0 Å². The van der Waals surface area contributed by atoms with E-state index >= 15 is 0 Å². The van der Waals surface area contributed by atoms with Crippen molar-refractivity contribution in [2.24, 2.45) is 5.21 Å². The molecule has 0 spiro atoms. The Morgan fingerprint density at radius 3 is 2.39 bits per heavy atom. The zero-order valence-corrected chi connectivity index (χ0v) is 12.8. The Labute approximate surface area is 135 Å². The van der Waals surface area contributed by atoms with Crippen molar-refractivity contribution in [1.82, 2.24) is 0 Å². The lowest BCUT2D eigenvalue weighted by Gasteiger charge is -2.09. The van der Waals surface area contributed by atoms with Crippen molar-refractivity contribution in [3.05, 3.63) is 83.4 Å². The predicted octanol–water partition coefficient (Wildman–Crippen LogP) is 5.32. The summed E-state index contributed by atoms with van der Waals surface area (Å²) in [5.74, 6) is 0.849. The van der Waals surface area contributed by atoms with Gasteiger partial charge in [0, 0.05) is 0 Å². The Morgan fingerprint density at radius 1 is 0.957 bits per heavy atom. The molecule has 0 heterocycles. The molecule has 23 heavy (non-hydrogen) atoms. The molecule has 0 unspecified atom stereocenters. The third-order valence-electron chi connectivity index (χ3n) is 3.75. The summed E-state index contributed by atoms with van der Waals surface area (Å²) in [6.45, 7) is 0.565. The maximum absolute atomic E-state index is 12.2. The number of rotatable bonds is 4. The molecule has 0 saturated carbocycles. The minimum atomic E-state index is 0.506. The first kappa shape index (κ1) is 15.2. The summed E-state index contributed by atoms with van der Waals surface area (Å²) < 4.78 is 17.9. The smallest absolute Gasteiger partial charge is 0.119 e. The summed E-state index contributed by atoms with van der Waals surface area (Å²) in [5, 5.41) is 2.73. The molecule has 116 valence electrons. The van der Waals surface area contributed by atoms with E-state index in [9.17, 15) is 4.48 Å². The van der Waals surface area contributed by atoms with Gasteiger partial charge in [0.1, 0.15) is 12.4 Å². The van der Waals surface area contributed by atoms with E-state index in [2.05, 4.69) is 11.3 Å². The van der Waals surface area contributed by atoms with E-state index < -0.39 is 0 Å². The van der Waals surface area contributed by atoms with Gasteiger partial charge in [0.05, 0.1) is 5.71 Å². The van der Waals surface area contributed by atoms with E-state index in [1.54, 1.807) is 6.08 Å². The third kappa shape index (κ3) is 4.39. The van der Waals surface area contributed by atoms with Crippen LogP contribution in [-0.4, -0.2) is 5.71 Å². The molecule has 0 saturated heterocycles. The van der Waals surface area contributed by atoms with E-state index in [1.807, 2.05) is 60.7 Å². The minimum absolute atomic E-state index is 0.506. The van der Waals surface area contributed by atoms with Crippen LogP contribution in [0, 0.1) is 0 Å². The first-order valence-electron chi connectivity index (χ1n) is 7.67. The zero-order chi connectivity index (χ0) is 15.9. The standard InChI is InChI=1S/C20H18FNO/c21-22-19-10-6-16(7-11-19)14-17-8-12-20(13-9-17)23-15-18-4-2-1-3-5-18/h1-6,8-10,12-14H,7,11,15H2. The second-order valence-corrected chi connectivity index (χ2v) is 5.47. The summed E-state index contributed by atoms with van der Waals surface area (Å²) in [6.07, 6.45) is 7.21. The van der Waals surface area contributed by atoms with E-state index in [-0.39, 0.29) is 0 Å². The van der Waals surface area contributed by atoms with Crippen LogP contribution in [0.1, 0.15) is 24.0 Å². The van der Waals surface area contributed by atoms with Gasteiger partial charge >= 0.3 is 0 Å². The molecule has 0 N–H and O–H groups in total. The first-order valence-corrected chi connectivity index (χ1v) is 7.67. The maximum atomic E-state index is 12.2. The molecule has 1 aliphatic carbocycles. The van der Waals surface area contributed by atoms with E-state index in [1.165, 1.54) is 5.57 Å². The van der Waals surface area contributed by atoms with E-state index in [0.717, 1.165) is 23.3 Å². The molecule has 3 heteroatoms. The SMILES string of the molecule is FN=C1C=CC(=Cc2ccc(OCc3ccccc3)cc2)CC1. The number of benzene rings is 2. The molecule has 2 aromatic carbocycles. The lowest BCUT2D eigenvalue weighted by atomic mass is 9.98. The monoisotopic (exact) mass is 307 g/mol. The Kier molecular flexibility index (Phi) is 4.99. The van der Waals surface area contributed by atoms with Crippen molar-refractivity contribution in [1.29, 1.82) is 0 Å². The van der Waals surface area contributed by atoms with Crippen LogP contribution in [0.4, 0.5) is 4.48 Å². The van der Waals surface area contributed by atoms with Gasteiger partial charge in [-0.3, -0.25) is 0 Å². The molecule has 2 nitrogen and oxygen atoms in total. The van der Waals surface area contributed by atoms with Crippen LogP contribution in [-0.2, 0) is 6.61 Å². The zero-order valence-electron chi connectivity index (χ0n) is 12.8. The van der Waals surface area contributed by atoms with Crippen molar-refractivity contribution >= 4 is 11.8 Å². The molecule has 0 amide bonds. The Bertz CT molecular complexity index is 730. The first-order chi connectivity index (χ1) is 11.3. The van der Waals surface area contributed by atoms with Crippen molar-refractivity contribution in [2.45, 2.75) is 19.4 Å². The highest BCUT2D eigenvalue weighted by Gasteiger charge is 2.05. The summed E-state index contributed by atoms with van der Waals surface area (Å²) >= 11 is 0. The lowest BCUT2D eigenvalue weighted by molar-refractivity contribution is 0.306. The summed E-state index contributed by atoms with van der Waals surface area (Å²) in [5.41, 5.74) is 3.94. The van der Waals surface area contributed by atoms with Crippen molar-refractivity contribution in [2.75, 3.05) is 0 Å². The number of nitrogens with zero attached hydrogens (tertiary/aromatic N) is 1. The van der Waals surface area contributed by atoms with Gasteiger partial charge in [0.2, 0.25) is 0 Å². The number of hydrogen-bond donors (Lipinski definition) is 0. The average Bonchev–Trinajstić information content (AvgIpc) is 2.63. The van der Waals surface area contributed by atoms with E-state index in [0.29, 0.717) is 18.7 Å². The Balaban J connectivity index is 1.61. The molecule has 0 atom stereocenters. The van der Waals surface area contributed by atoms with Crippen LogP contribution >= 0.6 is 0 Å². The third-order valence-corrected chi connectivity index (χ3v) is 3.75. The highest BCUT2D eigenvalue weighted by molar-refractivity contribution is 5.96. The van der Waals surface area contributed by atoms with Crippen LogP contribution in [0.5, 0.6) is 5.75 Å². The molecule has 3 rings (SSSR count). The number of allylic oxidation sites excluding steroid dienone is 3. The van der Waals surface area contributed by atoms with Gasteiger partial charge < -0.3 is 4.74 Å². The summed E-state index contributed by atoms with van der Waals surface area (Å²) in [6, 6.07) is 18.1. The minimum Gasteiger partial charge on any atom is -0.489 e. The number of hydrogen-bond acceptors (Lipinski definition) is 2. The highest BCUT2D eigenvalue weighted by Crippen LogP contribution is 2.20. The van der Waals surface area contributed by atoms with Crippen LogP contribution < -0.4 is 4.74 Å². The van der Waals surface area contributed by atoms with Gasteiger partial charge in [-0.1, -0.05) is 64.3 Å². The van der Waals surface area contributed by atoms with E-state index in [4.69, 9.17) is 4.74 Å². The van der Waals surface area contributed by atoms with Gasteiger partial charge in [-0.15, -0.1) is 0 Å². The average molecular weight is 307 g/mol. The molecule has 2 aromatic rings. The van der Waals surface area contributed by atoms with Crippen LogP contribution in [0.2, 0.25) is 0 Å². The lowest BCUT2D eigenvalue weighted by Crippen LogP contribution is -1.99. The number of halogens is 1. The quantitative estimate of drug-likeness (QED) is 0.748. The van der Waals surface area contributed by atoms with Crippen LogP contribution in [0.15, 0.2) is 77.5 Å². The maximum Gasteiger partial charge on any atom is 0.119 e. The van der Waals surface area contributed by atoms with Gasteiger partial charge in [0.15, 0.2) is 0 Å². The van der Waals surface area contributed by atoms with Gasteiger partial charge in [-0.25, -0.2) is 0 Å². The Morgan fingerprint density at radius 2 is 1.74 bits per heavy atom. The molecule has 1 aliphatic rings. The number of ether oxygens (including phenoxy) is 1. The highest BCUT2D eigenvalue weighted by atomic mass is 19.2. The Hall–Kier alpha value is -2.68. The molecule has 0 bridgehead atoms. The second-order valence-electron chi connectivity index (χ2n) is 5.47. The topological polar surface area (TPSA) is 21.6 Å². The fraction of sp³-hybridized carbons (Fsp3) is 0.150. The molecule has 0 aliphatic heterocycles. The van der Waals surface area contributed by atoms with Crippen molar-refractivity contribution < 1.29 is 9.22 Å².